The maximum absolute atomic E-state index is 12.3. The number of benzene rings is 2. The topological polar surface area (TPSA) is 68.1 Å². The summed E-state index contributed by atoms with van der Waals surface area (Å²) in [6.07, 6.45) is 0. The fraction of sp³-hybridized carbons (Fsp3) is 0.105. The van der Waals surface area contributed by atoms with Crippen LogP contribution in [-0.2, 0) is 4.74 Å². The first-order valence-electron chi connectivity index (χ1n) is 7.51. The zero-order valence-electron chi connectivity index (χ0n) is 12.9. The quantitative estimate of drug-likeness (QED) is 0.563. The molecule has 3 rings (SSSR count). The average Bonchev–Trinajstić information content (AvgIpc) is 3.01. The molecule has 0 atom stereocenters. The van der Waals surface area contributed by atoms with Gasteiger partial charge in [-0.3, -0.25) is 0 Å². The lowest BCUT2D eigenvalue weighted by Gasteiger charge is -2.06. The second-order valence-electron chi connectivity index (χ2n) is 5.15. The Morgan fingerprint density at radius 3 is 2.48 bits per heavy atom. The highest BCUT2D eigenvalue weighted by molar-refractivity contribution is 5.99. The summed E-state index contributed by atoms with van der Waals surface area (Å²) < 4.78 is 5.18. The molecule has 116 valence electrons. The fourth-order valence-corrected chi connectivity index (χ4v) is 2.53. The van der Waals surface area contributed by atoms with Gasteiger partial charge < -0.3 is 15.5 Å². The standard InChI is InChI=1S/C19H18N2O2/c1-2-23-19(22)15-12-17(13-8-4-3-5-9-13)21-18(15)14-10-6-7-11-16(14)20/h3-12,21H,2,20H2,1H3. The number of ether oxygens (including phenoxy) is 1. The molecular weight excluding hydrogens is 288 g/mol. The smallest absolute Gasteiger partial charge is 0.340 e. The summed E-state index contributed by atoms with van der Waals surface area (Å²) in [4.78, 5) is 15.6. The number of rotatable bonds is 4. The van der Waals surface area contributed by atoms with Crippen molar-refractivity contribution in [3.8, 4) is 22.5 Å². The van der Waals surface area contributed by atoms with Crippen LogP contribution in [0.15, 0.2) is 60.7 Å². The third kappa shape index (κ3) is 2.97. The van der Waals surface area contributed by atoms with E-state index in [1.807, 2.05) is 60.7 Å². The summed E-state index contributed by atoms with van der Waals surface area (Å²) in [5.74, 6) is -0.357. The second-order valence-corrected chi connectivity index (χ2v) is 5.15. The van der Waals surface area contributed by atoms with Crippen molar-refractivity contribution in [2.75, 3.05) is 12.3 Å². The van der Waals surface area contributed by atoms with Gasteiger partial charge in [-0.15, -0.1) is 0 Å². The van der Waals surface area contributed by atoms with Crippen LogP contribution in [0.3, 0.4) is 0 Å². The van der Waals surface area contributed by atoms with E-state index in [1.165, 1.54) is 0 Å². The lowest BCUT2D eigenvalue weighted by molar-refractivity contribution is 0.0527. The Bertz CT molecular complexity index is 822. The van der Waals surface area contributed by atoms with Crippen molar-refractivity contribution in [3.63, 3.8) is 0 Å². The van der Waals surface area contributed by atoms with Crippen LogP contribution in [-0.4, -0.2) is 17.6 Å². The normalized spacial score (nSPS) is 10.5. The van der Waals surface area contributed by atoms with Gasteiger partial charge in [-0.25, -0.2) is 4.79 Å². The van der Waals surface area contributed by atoms with E-state index in [0.29, 0.717) is 23.6 Å². The van der Waals surface area contributed by atoms with E-state index in [9.17, 15) is 4.79 Å². The van der Waals surface area contributed by atoms with Gasteiger partial charge in [-0.2, -0.15) is 0 Å². The van der Waals surface area contributed by atoms with Crippen LogP contribution >= 0.6 is 0 Å². The van der Waals surface area contributed by atoms with Crippen LogP contribution < -0.4 is 5.73 Å². The van der Waals surface area contributed by atoms with Crippen molar-refractivity contribution in [1.29, 1.82) is 0 Å². The van der Waals surface area contributed by atoms with Crippen LogP contribution in [0.1, 0.15) is 17.3 Å². The van der Waals surface area contributed by atoms with Gasteiger partial charge in [0, 0.05) is 16.9 Å². The zero-order valence-corrected chi connectivity index (χ0v) is 12.9. The Balaban J connectivity index is 2.15. The number of anilines is 1. The van der Waals surface area contributed by atoms with Gasteiger partial charge in [0.05, 0.1) is 17.9 Å². The molecular formula is C19H18N2O2. The van der Waals surface area contributed by atoms with Crippen molar-refractivity contribution in [2.45, 2.75) is 6.92 Å². The molecule has 4 heteroatoms. The van der Waals surface area contributed by atoms with Gasteiger partial charge in [0.15, 0.2) is 0 Å². The number of H-pyrrole nitrogens is 1. The first-order valence-corrected chi connectivity index (χ1v) is 7.51. The summed E-state index contributed by atoms with van der Waals surface area (Å²) in [7, 11) is 0. The van der Waals surface area contributed by atoms with Gasteiger partial charge in [-0.05, 0) is 24.6 Å². The molecule has 3 N–H and O–H groups in total. The Hall–Kier alpha value is -3.01. The monoisotopic (exact) mass is 306 g/mol. The number of hydrogen-bond donors (Lipinski definition) is 2. The third-order valence-corrected chi connectivity index (χ3v) is 3.63. The molecule has 0 spiro atoms. The third-order valence-electron chi connectivity index (χ3n) is 3.63. The molecule has 0 aliphatic heterocycles. The molecule has 0 bridgehead atoms. The predicted octanol–water partition coefficient (Wildman–Crippen LogP) is 4.11. The highest BCUT2D eigenvalue weighted by Crippen LogP contribution is 2.32. The molecule has 4 nitrogen and oxygen atoms in total. The molecule has 0 saturated carbocycles. The molecule has 0 aliphatic rings. The highest BCUT2D eigenvalue weighted by Gasteiger charge is 2.19. The van der Waals surface area contributed by atoms with Crippen molar-refractivity contribution in [2.24, 2.45) is 0 Å². The molecule has 0 aliphatic carbocycles. The molecule has 0 amide bonds. The number of aromatic amines is 1. The lowest BCUT2D eigenvalue weighted by Crippen LogP contribution is -2.05. The molecule has 1 heterocycles. The number of para-hydroxylation sites is 1. The molecule has 0 saturated heterocycles. The van der Waals surface area contributed by atoms with Gasteiger partial charge in [0.25, 0.3) is 0 Å². The largest absolute Gasteiger partial charge is 0.462 e. The zero-order chi connectivity index (χ0) is 16.2. The average molecular weight is 306 g/mol. The predicted molar refractivity (Wildman–Crippen MR) is 92.0 cm³/mol. The summed E-state index contributed by atoms with van der Waals surface area (Å²) in [6, 6.07) is 19.1. The van der Waals surface area contributed by atoms with E-state index in [-0.39, 0.29) is 5.97 Å². The summed E-state index contributed by atoms with van der Waals surface area (Å²) in [5, 5.41) is 0. The van der Waals surface area contributed by atoms with Crippen LogP contribution in [0.2, 0.25) is 0 Å². The van der Waals surface area contributed by atoms with E-state index >= 15 is 0 Å². The molecule has 0 unspecified atom stereocenters. The van der Waals surface area contributed by atoms with Gasteiger partial charge in [0.2, 0.25) is 0 Å². The van der Waals surface area contributed by atoms with E-state index in [4.69, 9.17) is 10.5 Å². The van der Waals surface area contributed by atoms with E-state index in [1.54, 1.807) is 6.92 Å². The van der Waals surface area contributed by atoms with Crippen LogP contribution in [0.25, 0.3) is 22.5 Å². The number of hydrogen-bond acceptors (Lipinski definition) is 3. The van der Waals surface area contributed by atoms with E-state index < -0.39 is 0 Å². The Morgan fingerprint density at radius 1 is 1.09 bits per heavy atom. The highest BCUT2D eigenvalue weighted by atomic mass is 16.5. The SMILES string of the molecule is CCOC(=O)c1cc(-c2ccccc2)[nH]c1-c1ccccc1N. The van der Waals surface area contributed by atoms with Gasteiger partial charge in [-0.1, -0.05) is 48.5 Å². The Morgan fingerprint density at radius 2 is 1.78 bits per heavy atom. The first-order chi connectivity index (χ1) is 11.2. The lowest BCUT2D eigenvalue weighted by atomic mass is 10.1. The second kappa shape index (κ2) is 6.40. The maximum Gasteiger partial charge on any atom is 0.340 e. The summed E-state index contributed by atoms with van der Waals surface area (Å²) in [5.41, 5.74) is 10.5. The fourth-order valence-electron chi connectivity index (χ4n) is 2.53. The maximum atomic E-state index is 12.3. The number of nitrogens with two attached hydrogens (primary N) is 1. The first kappa shape index (κ1) is 14.9. The van der Waals surface area contributed by atoms with Gasteiger partial charge >= 0.3 is 5.97 Å². The Labute approximate surface area is 134 Å². The minimum Gasteiger partial charge on any atom is -0.462 e. The molecule has 23 heavy (non-hydrogen) atoms. The van der Waals surface area contributed by atoms with Crippen LogP contribution in [0, 0.1) is 0 Å². The summed E-state index contributed by atoms with van der Waals surface area (Å²) >= 11 is 0. The number of nitrogen functional groups attached to an aromatic ring is 1. The Kier molecular flexibility index (Phi) is 4.15. The number of aromatic nitrogens is 1. The van der Waals surface area contributed by atoms with E-state index in [0.717, 1.165) is 16.8 Å². The van der Waals surface area contributed by atoms with E-state index in [2.05, 4.69) is 4.98 Å². The molecule has 1 aromatic heterocycles. The molecule has 0 radical (unpaired) electrons. The van der Waals surface area contributed by atoms with Crippen molar-refractivity contribution < 1.29 is 9.53 Å². The number of nitrogens with one attached hydrogen (secondary N) is 1. The minimum atomic E-state index is -0.357. The molecule has 2 aromatic carbocycles. The van der Waals surface area contributed by atoms with Crippen molar-refractivity contribution in [3.05, 3.63) is 66.2 Å². The van der Waals surface area contributed by atoms with Gasteiger partial charge in [0.1, 0.15) is 0 Å². The van der Waals surface area contributed by atoms with Crippen molar-refractivity contribution >= 4 is 11.7 Å². The molecule has 0 fully saturated rings. The number of carbonyl (C=O) groups is 1. The minimum absolute atomic E-state index is 0.328. The van der Waals surface area contributed by atoms with Crippen LogP contribution in [0.5, 0.6) is 0 Å². The molecule has 3 aromatic rings. The number of esters is 1. The number of carbonyl (C=O) groups excluding carboxylic acids is 1. The summed E-state index contributed by atoms with van der Waals surface area (Å²) in [6.45, 7) is 2.12. The van der Waals surface area contributed by atoms with Crippen LogP contribution in [0.4, 0.5) is 5.69 Å². The van der Waals surface area contributed by atoms with Crippen molar-refractivity contribution in [1.82, 2.24) is 4.98 Å².